The number of carbonyl (C=O) groups excluding carboxylic acids is 3. The normalized spacial score (nSPS) is 20.3. The third-order valence-corrected chi connectivity index (χ3v) is 7.18. The summed E-state index contributed by atoms with van der Waals surface area (Å²) in [6, 6.07) is 12.8. The van der Waals surface area contributed by atoms with Gasteiger partial charge in [0, 0.05) is 23.2 Å². The van der Waals surface area contributed by atoms with Gasteiger partial charge in [0.05, 0.1) is 13.7 Å². The number of hydrogen-bond acceptors (Lipinski definition) is 5. The number of hydrogen-bond donors (Lipinski definition) is 2. The van der Waals surface area contributed by atoms with Crippen molar-refractivity contribution >= 4 is 35.6 Å². The summed E-state index contributed by atoms with van der Waals surface area (Å²) < 4.78 is 26.0. The zero-order valence-corrected chi connectivity index (χ0v) is 20.5. The molecule has 9 heteroatoms. The number of methoxy groups -OCH3 is 1. The minimum absolute atomic E-state index is 0.138. The lowest BCUT2D eigenvalue weighted by atomic mass is 9.94. The number of imide groups is 1. The molecule has 2 N–H and O–H groups in total. The SMILES string of the molecule is COc1ccc2c(c1)C(=O)N(CC1(c3cc4c(o3)C=C(c3ccccc3F)CCC=C4)NC(=O)NC1=O)C2. The minimum atomic E-state index is -1.64. The van der Waals surface area contributed by atoms with E-state index in [0.717, 1.165) is 11.1 Å². The second-order valence-corrected chi connectivity index (χ2v) is 9.52. The van der Waals surface area contributed by atoms with Crippen LogP contribution in [0.5, 0.6) is 5.75 Å². The van der Waals surface area contributed by atoms with E-state index in [1.807, 2.05) is 18.2 Å². The van der Waals surface area contributed by atoms with Crippen molar-refractivity contribution in [1.82, 2.24) is 15.5 Å². The summed E-state index contributed by atoms with van der Waals surface area (Å²) in [5, 5.41) is 5.00. The zero-order chi connectivity index (χ0) is 26.4. The van der Waals surface area contributed by atoms with Gasteiger partial charge in [-0.05, 0) is 54.3 Å². The smallest absolute Gasteiger partial charge is 0.322 e. The number of ether oxygens (including phenoxy) is 1. The largest absolute Gasteiger partial charge is 0.497 e. The van der Waals surface area contributed by atoms with Gasteiger partial charge in [0.25, 0.3) is 11.8 Å². The number of fused-ring (bicyclic) bond motifs is 2. The fraction of sp³-hybridized carbons (Fsp3) is 0.207. The van der Waals surface area contributed by atoms with Gasteiger partial charge in [-0.15, -0.1) is 0 Å². The molecule has 1 atom stereocenters. The van der Waals surface area contributed by atoms with Crippen LogP contribution in [0.4, 0.5) is 9.18 Å². The Morgan fingerprint density at radius 1 is 1.11 bits per heavy atom. The molecule has 0 spiro atoms. The van der Waals surface area contributed by atoms with Crippen molar-refractivity contribution < 1.29 is 27.9 Å². The van der Waals surface area contributed by atoms with Crippen molar-refractivity contribution in [2.75, 3.05) is 13.7 Å². The Kier molecular flexibility index (Phi) is 5.63. The van der Waals surface area contributed by atoms with E-state index in [-0.39, 0.29) is 30.6 Å². The Morgan fingerprint density at radius 3 is 2.71 bits per heavy atom. The Morgan fingerprint density at radius 2 is 1.95 bits per heavy atom. The molecule has 2 aromatic carbocycles. The summed E-state index contributed by atoms with van der Waals surface area (Å²) in [6.45, 7) is 0.126. The van der Waals surface area contributed by atoms with Crippen molar-refractivity contribution in [3.05, 3.63) is 94.2 Å². The molecule has 1 saturated heterocycles. The Bertz CT molecular complexity index is 1560. The van der Waals surface area contributed by atoms with Gasteiger partial charge in [0.2, 0.25) is 0 Å². The minimum Gasteiger partial charge on any atom is -0.497 e. The highest BCUT2D eigenvalue weighted by molar-refractivity contribution is 6.08. The van der Waals surface area contributed by atoms with Crippen LogP contribution >= 0.6 is 0 Å². The van der Waals surface area contributed by atoms with Gasteiger partial charge in [0.1, 0.15) is 23.1 Å². The van der Waals surface area contributed by atoms with Crippen molar-refractivity contribution in [2.45, 2.75) is 24.9 Å². The fourth-order valence-electron chi connectivity index (χ4n) is 5.22. The first-order chi connectivity index (χ1) is 18.4. The van der Waals surface area contributed by atoms with Crippen molar-refractivity contribution in [3.63, 3.8) is 0 Å². The summed E-state index contributed by atoms with van der Waals surface area (Å²) in [5.41, 5.74) is 1.55. The molecule has 1 aliphatic carbocycles. The van der Waals surface area contributed by atoms with Crippen molar-refractivity contribution in [2.24, 2.45) is 0 Å². The van der Waals surface area contributed by atoms with E-state index in [2.05, 4.69) is 10.6 Å². The van der Waals surface area contributed by atoms with Crippen LogP contribution in [0.2, 0.25) is 0 Å². The number of rotatable bonds is 5. The molecule has 0 radical (unpaired) electrons. The first-order valence-corrected chi connectivity index (χ1v) is 12.2. The number of allylic oxidation sites excluding steroid dienone is 2. The third-order valence-electron chi connectivity index (χ3n) is 7.18. The molecule has 192 valence electrons. The van der Waals surface area contributed by atoms with E-state index in [4.69, 9.17) is 9.15 Å². The first kappa shape index (κ1) is 23.7. The van der Waals surface area contributed by atoms with E-state index < -0.39 is 17.5 Å². The number of furan rings is 1. The molecule has 8 nitrogen and oxygen atoms in total. The molecule has 1 fully saturated rings. The standard InChI is InChI=1S/C29H24FN3O5/c1-37-20-11-10-19-15-33(26(34)22(19)14-20)16-29(27(35)31-28(36)32-29)25-13-18-7-3-2-6-17(12-24(18)38-25)21-8-4-5-9-23(21)30/h3-5,7-14H,2,6,15-16H2,1H3,(H2,31,32,35,36). The molecule has 0 saturated carbocycles. The summed E-state index contributed by atoms with van der Waals surface area (Å²) in [5.74, 6) is -0.0623. The molecule has 38 heavy (non-hydrogen) atoms. The Labute approximate surface area is 217 Å². The third kappa shape index (κ3) is 3.87. The van der Waals surface area contributed by atoms with Gasteiger partial charge in [-0.3, -0.25) is 14.9 Å². The van der Waals surface area contributed by atoms with E-state index in [9.17, 15) is 18.8 Å². The summed E-state index contributed by atoms with van der Waals surface area (Å²) in [4.78, 5) is 40.4. The van der Waals surface area contributed by atoms with E-state index in [0.29, 0.717) is 41.0 Å². The summed E-state index contributed by atoms with van der Waals surface area (Å²) >= 11 is 0. The maximum atomic E-state index is 14.6. The van der Waals surface area contributed by atoms with Crippen LogP contribution < -0.4 is 15.4 Å². The highest BCUT2D eigenvalue weighted by atomic mass is 19.1. The Hall–Kier alpha value is -4.66. The average molecular weight is 514 g/mol. The maximum Gasteiger partial charge on any atom is 0.322 e. The molecule has 3 aromatic rings. The van der Waals surface area contributed by atoms with Crippen LogP contribution in [0.3, 0.4) is 0 Å². The average Bonchev–Trinajstić information content (AvgIpc) is 3.52. The predicted octanol–water partition coefficient (Wildman–Crippen LogP) is 4.47. The number of amides is 4. The molecule has 1 unspecified atom stereocenters. The van der Waals surface area contributed by atoms with Crippen LogP contribution in [-0.4, -0.2) is 36.4 Å². The molecular formula is C29H24FN3O5. The van der Waals surface area contributed by atoms with Crippen LogP contribution in [0.15, 0.2) is 59.0 Å². The molecule has 2 aliphatic heterocycles. The number of benzene rings is 2. The second-order valence-electron chi connectivity index (χ2n) is 9.52. The van der Waals surface area contributed by atoms with Crippen LogP contribution in [0.1, 0.15) is 51.4 Å². The van der Waals surface area contributed by atoms with Crippen LogP contribution in [-0.2, 0) is 16.9 Å². The number of urea groups is 1. The van der Waals surface area contributed by atoms with Gasteiger partial charge in [0.15, 0.2) is 5.54 Å². The van der Waals surface area contributed by atoms with Gasteiger partial charge in [-0.2, -0.15) is 0 Å². The number of nitrogens with one attached hydrogen (secondary N) is 2. The van der Waals surface area contributed by atoms with E-state index >= 15 is 0 Å². The highest BCUT2D eigenvalue weighted by Crippen LogP contribution is 2.37. The van der Waals surface area contributed by atoms with Crippen molar-refractivity contribution in [3.8, 4) is 5.75 Å². The Balaban J connectivity index is 1.40. The molecule has 3 aliphatic rings. The lowest BCUT2D eigenvalue weighted by molar-refractivity contribution is -0.125. The lowest BCUT2D eigenvalue weighted by Gasteiger charge is -2.29. The monoisotopic (exact) mass is 513 g/mol. The number of nitrogens with zero attached hydrogens (tertiary/aromatic N) is 1. The second kappa shape index (κ2) is 9.02. The summed E-state index contributed by atoms with van der Waals surface area (Å²) in [7, 11) is 1.52. The highest BCUT2D eigenvalue weighted by Gasteiger charge is 2.53. The topological polar surface area (TPSA) is 101 Å². The van der Waals surface area contributed by atoms with Crippen LogP contribution in [0.25, 0.3) is 17.7 Å². The van der Waals surface area contributed by atoms with E-state index in [1.165, 1.54) is 18.1 Å². The molecule has 1 aromatic heterocycles. The van der Waals surface area contributed by atoms with Gasteiger partial charge in [-0.1, -0.05) is 36.4 Å². The number of carbonyl (C=O) groups is 3. The molecule has 6 rings (SSSR count). The quantitative estimate of drug-likeness (QED) is 0.491. The molecule has 3 heterocycles. The maximum absolute atomic E-state index is 14.6. The number of halogens is 1. The molecule has 4 amide bonds. The van der Waals surface area contributed by atoms with Gasteiger partial charge < -0.3 is 19.4 Å². The van der Waals surface area contributed by atoms with Gasteiger partial charge in [-0.25, -0.2) is 9.18 Å². The first-order valence-electron chi connectivity index (χ1n) is 12.2. The zero-order valence-electron chi connectivity index (χ0n) is 20.5. The predicted molar refractivity (Wildman–Crippen MR) is 137 cm³/mol. The van der Waals surface area contributed by atoms with Crippen molar-refractivity contribution in [1.29, 1.82) is 0 Å². The fourth-order valence-corrected chi connectivity index (χ4v) is 5.22. The van der Waals surface area contributed by atoms with Crippen LogP contribution in [0, 0.1) is 5.82 Å². The molecule has 0 bridgehead atoms. The van der Waals surface area contributed by atoms with E-state index in [1.54, 1.807) is 42.5 Å². The van der Waals surface area contributed by atoms with Gasteiger partial charge >= 0.3 is 6.03 Å². The molecular weight excluding hydrogens is 489 g/mol. The lowest BCUT2D eigenvalue weighted by Crippen LogP contribution is -2.52. The summed E-state index contributed by atoms with van der Waals surface area (Å²) in [6.07, 6.45) is 6.89.